The Bertz CT molecular complexity index is 1080. The van der Waals surface area contributed by atoms with Crippen LogP contribution < -0.4 is 10.6 Å². The maximum absolute atomic E-state index is 13.3. The molecule has 2 aromatic carbocycles. The fourth-order valence-electron chi connectivity index (χ4n) is 3.39. The molecule has 0 aliphatic carbocycles. The van der Waals surface area contributed by atoms with E-state index in [0.717, 1.165) is 17.0 Å². The second-order valence-corrected chi connectivity index (χ2v) is 7.04. The topological polar surface area (TPSA) is 87.7 Å². The van der Waals surface area contributed by atoms with Gasteiger partial charge in [0.05, 0.1) is 17.3 Å². The molecule has 30 heavy (non-hydrogen) atoms. The summed E-state index contributed by atoms with van der Waals surface area (Å²) in [6.45, 7) is -0.681. The predicted octanol–water partition coefficient (Wildman–Crippen LogP) is 3.13. The molecule has 4 rings (SSSR count). The number of esters is 1. The lowest BCUT2D eigenvalue weighted by molar-refractivity contribution is -0.136. The SMILES string of the molecule is O=C(CN1C(=O)NC(c2ccccc2Cl)C2=C1COC2=O)Nc1cc(F)cc(F)c1. The van der Waals surface area contributed by atoms with Crippen molar-refractivity contribution in [1.82, 2.24) is 10.2 Å². The first-order chi connectivity index (χ1) is 14.3. The molecule has 0 saturated heterocycles. The average Bonchev–Trinajstić information content (AvgIpc) is 3.05. The zero-order valence-electron chi connectivity index (χ0n) is 15.2. The summed E-state index contributed by atoms with van der Waals surface area (Å²) in [5.41, 5.74) is 0.816. The van der Waals surface area contributed by atoms with Gasteiger partial charge in [-0.3, -0.25) is 9.69 Å². The molecule has 2 aromatic rings. The van der Waals surface area contributed by atoms with Crippen LogP contribution in [0.1, 0.15) is 11.6 Å². The van der Waals surface area contributed by atoms with E-state index in [9.17, 15) is 23.2 Å². The zero-order valence-corrected chi connectivity index (χ0v) is 16.0. The first-order valence-corrected chi connectivity index (χ1v) is 9.20. The van der Waals surface area contributed by atoms with E-state index in [4.69, 9.17) is 16.3 Å². The molecule has 1 unspecified atom stereocenters. The van der Waals surface area contributed by atoms with Gasteiger partial charge in [-0.2, -0.15) is 0 Å². The van der Waals surface area contributed by atoms with Gasteiger partial charge in [0.1, 0.15) is 24.8 Å². The Labute approximate surface area is 174 Å². The van der Waals surface area contributed by atoms with E-state index in [0.29, 0.717) is 16.7 Å². The Hall–Kier alpha value is -3.46. The van der Waals surface area contributed by atoms with Crippen molar-refractivity contribution in [1.29, 1.82) is 0 Å². The lowest BCUT2D eigenvalue weighted by Crippen LogP contribution is -2.49. The highest BCUT2D eigenvalue weighted by Gasteiger charge is 2.43. The van der Waals surface area contributed by atoms with E-state index in [-0.39, 0.29) is 23.6 Å². The van der Waals surface area contributed by atoms with Crippen molar-refractivity contribution < 1.29 is 27.9 Å². The highest BCUT2D eigenvalue weighted by molar-refractivity contribution is 6.31. The largest absolute Gasteiger partial charge is 0.456 e. The first-order valence-electron chi connectivity index (χ1n) is 8.82. The molecule has 0 aromatic heterocycles. The summed E-state index contributed by atoms with van der Waals surface area (Å²) in [5, 5.41) is 5.34. The number of cyclic esters (lactones) is 1. The number of nitrogens with zero attached hydrogens (tertiary/aromatic N) is 1. The molecular weight excluding hydrogens is 420 g/mol. The summed E-state index contributed by atoms with van der Waals surface area (Å²) in [6.07, 6.45) is 0. The van der Waals surface area contributed by atoms with Crippen LogP contribution in [0.4, 0.5) is 19.3 Å². The number of hydrogen-bond donors (Lipinski definition) is 2. The van der Waals surface area contributed by atoms with Crippen LogP contribution >= 0.6 is 11.6 Å². The Balaban J connectivity index is 1.61. The van der Waals surface area contributed by atoms with Crippen LogP contribution in [0.3, 0.4) is 0 Å². The smallest absolute Gasteiger partial charge is 0.338 e. The molecule has 2 aliphatic rings. The number of carbonyl (C=O) groups is 3. The number of rotatable bonds is 4. The van der Waals surface area contributed by atoms with Crippen LogP contribution in [0.5, 0.6) is 0 Å². The number of anilines is 1. The van der Waals surface area contributed by atoms with Crippen molar-refractivity contribution in [2.45, 2.75) is 6.04 Å². The van der Waals surface area contributed by atoms with Crippen molar-refractivity contribution in [2.75, 3.05) is 18.5 Å². The molecular formula is C20H14ClF2N3O4. The van der Waals surface area contributed by atoms with Crippen molar-refractivity contribution >= 4 is 35.2 Å². The molecule has 0 spiro atoms. The van der Waals surface area contributed by atoms with Crippen LogP contribution in [-0.2, 0) is 14.3 Å². The fraction of sp³-hybridized carbons (Fsp3) is 0.150. The second-order valence-electron chi connectivity index (χ2n) is 6.63. The molecule has 2 heterocycles. The van der Waals surface area contributed by atoms with Gasteiger partial charge < -0.3 is 15.4 Å². The molecule has 0 fully saturated rings. The summed E-state index contributed by atoms with van der Waals surface area (Å²) in [7, 11) is 0. The number of urea groups is 1. The Kier molecular flexibility index (Phi) is 5.13. The monoisotopic (exact) mass is 433 g/mol. The van der Waals surface area contributed by atoms with Gasteiger partial charge in [0, 0.05) is 16.8 Å². The van der Waals surface area contributed by atoms with Crippen LogP contribution in [0.15, 0.2) is 53.7 Å². The maximum atomic E-state index is 13.3. The average molecular weight is 434 g/mol. The molecule has 1 atom stereocenters. The summed E-state index contributed by atoms with van der Waals surface area (Å²) < 4.78 is 31.7. The molecule has 0 radical (unpaired) electrons. The van der Waals surface area contributed by atoms with E-state index in [1.807, 2.05) is 0 Å². The number of carbonyl (C=O) groups excluding carboxylic acids is 3. The molecule has 0 bridgehead atoms. The standard InChI is InChI=1S/C20H14ClF2N3O4/c21-14-4-2-1-3-13(14)18-17-15(9-30-19(17)28)26(20(29)25-18)8-16(27)24-12-6-10(22)5-11(23)7-12/h1-7,18H,8-9H2,(H,24,27)(H,25,29). The van der Waals surface area contributed by atoms with Crippen molar-refractivity contribution in [3.8, 4) is 0 Å². The Morgan fingerprint density at radius 1 is 1.20 bits per heavy atom. The number of ether oxygens (including phenoxy) is 1. The van der Waals surface area contributed by atoms with Gasteiger partial charge >= 0.3 is 12.0 Å². The summed E-state index contributed by atoms with van der Waals surface area (Å²) in [4.78, 5) is 38.5. The molecule has 10 heteroatoms. The summed E-state index contributed by atoms with van der Waals surface area (Å²) in [6, 6.07) is 7.81. The normalized spacial score (nSPS) is 18.1. The summed E-state index contributed by atoms with van der Waals surface area (Å²) in [5.74, 6) is -3.06. The van der Waals surface area contributed by atoms with Gasteiger partial charge in [0.2, 0.25) is 5.91 Å². The van der Waals surface area contributed by atoms with Crippen LogP contribution in [0.25, 0.3) is 0 Å². The van der Waals surface area contributed by atoms with Gasteiger partial charge in [-0.25, -0.2) is 18.4 Å². The van der Waals surface area contributed by atoms with Crippen LogP contribution in [0, 0.1) is 11.6 Å². The van der Waals surface area contributed by atoms with Gasteiger partial charge in [-0.1, -0.05) is 29.8 Å². The third kappa shape index (κ3) is 3.71. The number of hydrogen-bond acceptors (Lipinski definition) is 4. The molecule has 3 amide bonds. The first kappa shape index (κ1) is 19.8. The quantitative estimate of drug-likeness (QED) is 0.725. The maximum Gasteiger partial charge on any atom is 0.338 e. The number of halogens is 3. The Morgan fingerprint density at radius 3 is 2.60 bits per heavy atom. The third-order valence-electron chi connectivity index (χ3n) is 4.66. The molecule has 154 valence electrons. The molecule has 2 aliphatic heterocycles. The number of benzene rings is 2. The minimum absolute atomic E-state index is 0.100. The van der Waals surface area contributed by atoms with E-state index < -0.39 is 42.1 Å². The highest BCUT2D eigenvalue weighted by Crippen LogP contribution is 2.37. The molecule has 7 nitrogen and oxygen atoms in total. The molecule has 0 saturated carbocycles. The van der Waals surface area contributed by atoms with E-state index in [2.05, 4.69) is 10.6 Å². The lowest BCUT2D eigenvalue weighted by atomic mass is 9.95. The number of amides is 3. The fourth-order valence-corrected chi connectivity index (χ4v) is 3.64. The van der Waals surface area contributed by atoms with Crippen LogP contribution in [0.2, 0.25) is 5.02 Å². The van der Waals surface area contributed by atoms with Crippen molar-refractivity contribution in [2.24, 2.45) is 0 Å². The second kappa shape index (κ2) is 7.75. The van der Waals surface area contributed by atoms with E-state index >= 15 is 0 Å². The Morgan fingerprint density at radius 2 is 1.90 bits per heavy atom. The molecule has 2 N–H and O–H groups in total. The predicted molar refractivity (Wildman–Crippen MR) is 102 cm³/mol. The third-order valence-corrected chi connectivity index (χ3v) is 5.01. The van der Waals surface area contributed by atoms with Gasteiger partial charge in [0.15, 0.2) is 0 Å². The van der Waals surface area contributed by atoms with E-state index in [1.165, 1.54) is 0 Å². The van der Waals surface area contributed by atoms with Crippen LogP contribution in [-0.4, -0.2) is 36.0 Å². The zero-order chi connectivity index (χ0) is 21.4. The summed E-state index contributed by atoms with van der Waals surface area (Å²) >= 11 is 6.21. The minimum atomic E-state index is -0.858. The van der Waals surface area contributed by atoms with E-state index in [1.54, 1.807) is 24.3 Å². The lowest BCUT2D eigenvalue weighted by Gasteiger charge is -2.32. The minimum Gasteiger partial charge on any atom is -0.456 e. The van der Waals surface area contributed by atoms with Crippen molar-refractivity contribution in [3.63, 3.8) is 0 Å². The highest BCUT2D eigenvalue weighted by atomic mass is 35.5. The van der Waals surface area contributed by atoms with Gasteiger partial charge in [0.25, 0.3) is 0 Å². The van der Waals surface area contributed by atoms with Gasteiger partial charge in [-0.05, 0) is 23.8 Å². The van der Waals surface area contributed by atoms with Gasteiger partial charge in [-0.15, -0.1) is 0 Å². The number of nitrogens with one attached hydrogen (secondary N) is 2. The van der Waals surface area contributed by atoms with Crippen molar-refractivity contribution in [3.05, 3.63) is 76.0 Å².